The Labute approximate surface area is 176 Å². The van der Waals surface area contributed by atoms with Gasteiger partial charge < -0.3 is 9.47 Å². The smallest absolute Gasteiger partial charge is 0.231 e. The van der Waals surface area contributed by atoms with Crippen molar-refractivity contribution in [3.8, 4) is 11.5 Å². The summed E-state index contributed by atoms with van der Waals surface area (Å²) in [6.07, 6.45) is 1.83. The largest absolute Gasteiger partial charge is 0.478 e. The maximum Gasteiger partial charge on any atom is 0.231 e. The van der Waals surface area contributed by atoms with E-state index in [0.29, 0.717) is 30.3 Å². The first-order chi connectivity index (χ1) is 14.6. The topological polar surface area (TPSA) is 38.8 Å². The second-order valence-electron chi connectivity index (χ2n) is 7.82. The van der Waals surface area contributed by atoms with Gasteiger partial charge in [-0.25, -0.2) is 0 Å². The molecule has 5 rings (SSSR count). The molecule has 0 saturated heterocycles. The van der Waals surface area contributed by atoms with Gasteiger partial charge in [-0.1, -0.05) is 54.6 Å². The molecule has 0 spiro atoms. The molecule has 3 aromatic carbocycles. The molecule has 0 aromatic heterocycles. The van der Waals surface area contributed by atoms with E-state index >= 15 is 0 Å². The molecule has 1 unspecified atom stereocenters. The Balaban J connectivity index is 1.47. The maximum atomic E-state index is 13.0. The summed E-state index contributed by atoms with van der Waals surface area (Å²) in [4.78, 5) is 15.2. The van der Waals surface area contributed by atoms with Crippen LogP contribution in [0.3, 0.4) is 0 Å². The van der Waals surface area contributed by atoms with Crippen LogP contribution in [0, 0.1) is 6.92 Å². The van der Waals surface area contributed by atoms with E-state index in [1.165, 1.54) is 5.56 Å². The highest BCUT2D eigenvalue weighted by molar-refractivity contribution is 6.15. The lowest BCUT2D eigenvalue weighted by Crippen LogP contribution is -2.34. The molecule has 0 saturated carbocycles. The van der Waals surface area contributed by atoms with Gasteiger partial charge in [-0.3, -0.25) is 9.69 Å². The number of ketones is 1. The van der Waals surface area contributed by atoms with E-state index in [1.807, 2.05) is 67.6 Å². The van der Waals surface area contributed by atoms with E-state index in [9.17, 15) is 4.79 Å². The Kier molecular flexibility index (Phi) is 4.64. The Bertz CT molecular complexity index is 1150. The zero-order valence-corrected chi connectivity index (χ0v) is 17.1. The van der Waals surface area contributed by atoms with Gasteiger partial charge in [0, 0.05) is 12.6 Å². The normalized spacial score (nSPS) is 17.8. The first-order valence-electron chi connectivity index (χ1n) is 10.2. The number of ether oxygens (including phenoxy) is 2. The van der Waals surface area contributed by atoms with E-state index in [-0.39, 0.29) is 11.8 Å². The molecule has 0 amide bonds. The minimum Gasteiger partial charge on any atom is -0.478 e. The second kappa shape index (κ2) is 7.47. The number of carbonyl (C=O) groups is 1. The van der Waals surface area contributed by atoms with E-state index in [4.69, 9.17) is 9.47 Å². The number of nitrogens with zero attached hydrogens (tertiary/aromatic N) is 1. The summed E-state index contributed by atoms with van der Waals surface area (Å²) in [7, 11) is 0. The van der Waals surface area contributed by atoms with Gasteiger partial charge in [0.05, 0.1) is 11.1 Å². The molecule has 150 valence electrons. The third-order valence-electron chi connectivity index (χ3n) is 5.95. The maximum absolute atomic E-state index is 13.0. The molecule has 2 heterocycles. The highest BCUT2D eigenvalue weighted by Crippen LogP contribution is 2.43. The minimum absolute atomic E-state index is 0.0794. The Morgan fingerprint density at radius 2 is 1.77 bits per heavy atom. The Morgan fingerprint density at radius 1 is 1.00 bits per heavy atom. The molecule has 2 aliphatic rings. The van der Waals surface area contributed by atoms with E-state index < -0.39 is 0 Å². The van der Waals surface area contributed by atoms with Gasteiger partial charge in [0.2, 0.25) is 5.78 Å². The summed E-state index contributed by atoms with van der Waals surface area (Å²) in [6, 6.07) is 22.2. The average Bonchev–Trinajstić information content (AvgIpc) is 3.11. The summed E-state index contributed by atoms with van der Waals surface area (Å²) < 4.78 is 12.1. The summed E-state index contributed by atoms with van der Waals surface area (Å²) in [5.74, 6) is 1.70. The van der Waals surface area contributed by atoms with Crippen molar-refractivity contribution in [1.29, 1.82) is 0 Å². The lowest BCUT2D eigenvalue weighted by Gasteiger charge is -2.34. The van der Waals surface area contributed by atoms with Crippen LogP contribution in [0.4, 0.5) is 0 Å². The van der Waals surface area contributed by atoms with E-state index in [2.05, 4.69) is 24.0 Å². The van der Waals surface area contributed by atoms with Gasteiger partial charge in [0.1, 0.15) is 18.2 Å². The number of allylic oxidation sites excluding steroid dienone is 1. The van der Waals surface area contributed by atoms with Crippen LogP contribution in [-0.2, 0) is 6.54 Å². The minimum atomic E-state index is -0.0794. The summed E-state index contributed by atoms with van der Waals surface area (Å²) in [6.45, 7) is 5.36. The van der Waals surface area contributed by atoms with Crippen molar-refractivity contribution in [2.45, 2.75) is 26.4 Å². The van der Waals surface area contributed by atoms with Gasteiger partial charge in [-0.05, 0) is 48.7 Å². The molecular formula is C26H23NO3. The molecule has 4 heteroatoms. The van der Waals surface area contributed by atoms with Crippen LogP contribution in [0.5, 0.6) is 11.5 Å². The fraction of sp³-hybridized carbons (Fsp3) is 0.192. The average molecular weight is 397 g/mol. The van der Waals surface area contributed by atoms with Gasteiger partial charge in [0.15, 0.2) is 5.76 Å². The van der Waals surface area contributed by atoms with Crippen molar-refractivity contribution in [2.24, 2.45) is 0 Å². The number of aryl methyl sites for hydroxylation is 1. The van der Waals surface area contributed by atoms with Crippen molar-refractivity contribution in [2.75, 3.05) is 6.73 Å². The van der Waals surface area contributed by atoms with Crippen molar-refractivity contribution in [3.63, 3.8) is 0 Å². The lowest BCUT2D eigenvalue weighted by atomic mass is 10.0. The number of benzene rings is 3. The number of hydrogen-bond acceptors (Lipinski definition) is 4. The molecule has 0 radical (unpaired) electrons. The van der Waals surface area contributed by atoms with Crippen LogP contribution in [0.2, 0.25) is 0 Å². The number of carbonyl (C=O) groups excluding carboxylic acids is 1. The number of hydrogen-bond donors (Lipinski definition) is 0. The fourth-order valence-corrected chi connectivity index (χ4v) is 4.06. The van der Waals surface area contributed by atoms with Crippen LogP contribution < -0.4 is 9.47 Å². The SMILES string of the molecule is Cc1ccccc1/C=C1\Oc2c(ccc3c2CN(C(C)c2ccccc2)CO3)C1=O. The van der Waals surface area contributed by atoms with Gasteiger partial charge >= 0.3 is 0 Å². The molecular weight excluding hydrogens is 374 g/mol. The molecule has 1 atom stereocenters. The van der Waals surface area contributed by atoms with Gasteiger partial charge in [0.25, 0.3) is 0 Å². The Hall–Kier alpha value is -3.37. The fourth-order valence-electron chi connectivity index (χ4n) is 4.06. The highest BCUT2D eigenvalue weighted by Gasteiger charge is 2.34. The lowest BCUT2D eigenvalue weighted by molar-refractivity contribution is 0.0606. The van der Waals surface area contributed by atoms with E-state index in [0.717, 1.165) is 22.4 Å². The van der Waals surface area contributed by atoms with Crippen molar-refractivity contribution >= 4 is 11.9 Å². The summed E-state index contributed by atoms with van der Waals surface area (Å²) in [5.41, 5.74) is 4.85. The number of Topliss-reactive ketones (excluding diaryl/α,β-unsaturated/α-hetero) is 1. The molecule has 4 nitrogen and oxygen atoms in total. The predicted octanol–water partition coefficient (Wildman–Crippen LogP) is 5.52. The van der Waals surface area contributed by atoms with Crippen molar-refractivity contribution in [3.05, 3.63) is 100 Å². The van der Waals surface area contributed by atoms with Crippen LogP contribution in [0.15, 0.2) is 72.5 Å². The van der Waals surface area contributed by atoms with Gasteiger partial charge in [-0.15, -0.1) is 0 Å². The zero-order chi connectivity index (χ0) is 20.7. The predicted molar refractivity (Wildman–Crippen MR) is 116 cm³/mol. The molecule has 0 fully saturated rings. The molecule has 30 heavy (non-hydrogen) atoms. The van der Waals surface area contributed by atoms with Crippen LogP contribution >= 0.6 is 0 Å². The second-order valence-corrected chi connectivity index (χ2v) is 7.82. The van der Waals surface area contributed by atoms with Crippen LogP contribution in [0.1, 0.15) is 45.6 Å². The number of rotatable bonds is 3. The Morgan fingerprint density at radius 3 is 2.57 bits per heavy atom. The first kappa shape index (κ1) is 18.6. The van der Waals surface area contributed by atoms with Crippen molar-refractivity contribution < 1.29 is 14.3 Å². The first-order valence-corrected chi connectivity index (χ1v) is 10.2. The highest BCUT2D eigenvalue weighted by atomic mass is 16.5. The molecule has 0 aliphatic carbocycles. The van der Waals surface area contributed by atoms with Crippen LogP contribution in [0.25, 0.3) is 6.08 Å². The monoisotopic (exact) mass is 397 g/mol. The standard InChI is InChI=1S/C26H23NO3/c1-17-8-6-7-11-20(17)14-24-25(28)21-12-13-23-22(26(21)30-24)15-27(16-29-23)18(2)19-9-4-3-5-10-19/h3-14,18H,15-16H2,1-2H3/b24-14-. The van der Waals surface area contributed by atoms with Gasteiger partial charge in [-0.2, -0.15) is 0 Å². The number of fused-ring (bicyclic) bond motifs is 3. The summed E-state index contributed by atoms with van der Waals surface area (Å²) in [5, 5.41) is 0. The molecule has 0 bridgehead atoms. The molecule has 0 N–H and O–H groups in total. The zero-order valence-electron chi connectivity index (χ0n) is 17.1. The third kappa shape index (κ3) is 3.19. The molecule has 3 aromatic rings. The summed E-state index contributed by atoms with van der Waals surface area (Å²) >= 11 is 0. The van der Waals surface area contributed by atoms with E-state index in [1.54, 1.807) is 0 Å². The van der Waals surface area contributed by atoms with Crippen molar-refractivity contribution in [1.82, 2.24) is 4.90 Å². The molecule has 2 aliphatic heterocycles. The van der Waals surface area contributed by atoms with Crippen LogP contribution in [-0.4, -0.2) is 17.4 Å². The third-order valence-corrected chi connectivity index (χ3v) is 5.95. The quantitative estimate of drug-likeness (QED) is 0.545.